The summed E-state index contributed by atoms with van der Waals surface area (Å²) in [6.45, 7) is 8.58. The molecule has 2 aromatic rings. The summed E-state index contributed by atoms with van der Waals surface area (Å²) in [4.78, 5) is 0. The highest BCUT2D eigenvalue weighted by Crippen LogP contribution is 2.23. The van der Waals surface area contributed by atoms with Crippen LogP contribution in [0.15, 0.2) is 36.5 Å². The first-order valence-corrected chi connectivity index (χ1v) is 5.60. The Morgan fingerprint density at radius 2 is 1.75 bits per heavy atom. The van der Waals surface area contributed by atoms with Crippen molar-refractivity contribution in [3.63, 3.8) is 0 Å². The maximum Gasteiger partial charge on any atom is 0.0926 e. The number of rotatable bonds is 1. The summed E-state index contributed by atoms with van der Waals surface area (Å²) in [5.74, 6) is 0. The second kappa shape index (κ2) is 3.78. The van der Waals surface area contributed by atoms with Crippen molar-refractivity contribution in [3.05, 3.63) is 42.1 Å². The van der Waals surface area contributed by atoms with E-state index in [0.717, 1.165) is 5.69 Å². The predicted molar refractivity (Wildman–Crippen MR) is 67.4 cm³/mol. The molecule has 2 nitrogen and oxygen atoms in total. The summed E-state index contributed by atoms with van der Waals surface area (Å²) in [7, 11) is 0. The molecule has 0 atom stereocenters. The molecule has 0 aliphatic heterocycles. The molecule has 1 aromatic heterocycles. The highest BCUT2D eigenvalue weighted by molar-refractivity contribution is 5.62. The largest absolute Gasteiger partial charge is 0.267 e. The quantitative estimate of drug-likeness (QED) is 0.709. The Labute approximate surface area is 96.9 Å². The van der Waals surface area contributed by atoms with Gasteiger partial charge in [0.25, 0.3) is 0 Å². The zero-order valence-electron chi connectivity index (χ0n) is 10.4. The van der Waals surface area contributed by atoms with Crippen LogP contribution in [0.2, 0.25) is 0 Å². The molecule has 0 saturated heterocycles. The zero-order chi connectivity index (χ0) is 11.8. The lowest BCUT2D eigenvalue weighted by molar-refractivity contribution is 0.356. The molecule has 0 aliphatic rings. The summed E-state index contributed by atoms with van der Waals surface area (Å²) in [5, 5.41) is 4.63. The Kier molecular flexibility index (Phi) is 2.58. The molecule has 2 rings (SSSR count). The van der Waals surface area contributed by atoms with E-state index in [1.165, 1.54) is 11.1 Å². The van der Waals surface area contributed by atoms with E-state index in [9.17, 15) is 0 Å². The van der Waals surface area contributed by atoms with Crippen molar-refractivity contribution in [2.75, 3.05) is 0 Å². The Hall–Kier alpha value is -1.57. The van der Waals surface area contributed by atoms with Gasteiger partial charge in [0.15, 0.2) is 0 Å². The molecule has 0 spiro atoms. The van der Waals surface area contributed by atoms with Crippen molar-refractivity contribution < 1.29 is 0 Å². The minimum atomic E-state index is 0.0426. The molecule has 0 radical (unpaired) electrons. The van der Waals surface area contributed by atoms with Crippen molar-refractivity contribution in [1.82, 2.24) is 9.78 Å². The van der Waals surface area contributed by atoms with E-state index in [4.69, 9.17) is 0 Å². The van der Waals surface area contributed by atoms with Gasteiger partial charge < -0.3 is 0 Å². The number of hydrogen-bond acceptors (Lipinski definition) is 1. The minimum Gasteiger partial charge on any atom is -0.267 e. The van der Waals surface area contributed by atoms with Gasteiger partial charge in [0.05, 0.1) is 11.2 Å². The fourth-order valence-corrected chi connectivity index (χ4v) is 1.70. The van der Waals surface area contributed by atoms with Crippen LogP contribution in [-0.2, 0) is 5.54 Å². The van der Waals surface area contributed by atoms with E-state index >= 15 is 0 Å². The summed E-state index contributed by atoms with van der Waals surface area (Å²) in [5.41, 5.74) is 3.57. The maximum atomic E-state index is 4.63. The molecular weight excluding hydrogens is 196 g/mol. The third-order valence-corrected chi connectivity index (χ3v) is 2.70. The molecule has 16 heavy (non-hydrogen) atoms. The molecule has 0 fully saturated rings. The molecule has 1 aromatic carbocycles. The highest BCUT2D eigenvalue weighted by Gasteiger charge is 2.14. The minimum absolute atomic E-state index is 0.0426. The normalized spacial score (nSPS) is 11.8. The molecular formula is C14H18N2. The van der Waals surface area contributed by atoms with Crippen LogP contribution in [0, 0.1) is 6.92 Å². The monoisotopic (exact) mass is 214 g/mol. The Bertz CT molecular complexity index is 489. The molecule has 2 heteroatoms. The van der Waals surface area contributed by atoms with E-state index in [0.29, 0.717) is 0 Å². The van der Waals surface area contributed by atoms with Crippen molar-refractivity contribution >= 4 is 0 Å². The molecule has 0 saturated carbocycles. The van der Waals surface area contributed by atoms with Gasteiger partial charge in [0, 0.05) is 11.8 Å². The average molecular weight is 214 g/mol. The van der Waals surface area contributed by atoms with E-state index in [2.05, 4.69) is 63.1 Å². The Morgan fingerprint density at radius 3 is 2.31 bits per heavy atom. The molecule has 0 amide bonds. The first-order valence-electron chi connectivity index (χ1n) is 5.60. The summed E-state index contributed by atoms with van der Waals surface area (Å²) < 4.78 is 2.01. The van der Waals surface area contributed by atoms with Gasteiger partial charge in [0.1, 0.15) is 0 Å². The second-order valence-corrected chi connectivity index (χ2v) is 5.13. The SMILES string of the molecule is Cc1ccccc1-c1ccn(C(C)(C)C)n1. The predicted octanol–water partition coefficient (Wildman–Crippen LogP) is 3.61. The topological polar surface area (TPSA) is 17.8 Å². The lowest BCUT2D eigenvalue weighted by atomic mass is 10.1. The highest BCUT2D eigenvalue weighted by atomic mass is 15.3. The van der Waals surface area contributed by atoms with Gasteiger partial charge in [-0.25, -0.2) is 0 Å². The summed E-state index contributed by atoms with van der Waals surface area (Å²) in [6.07, 6.45) is 2.04. The van der Waals surface area contributed by atoms with E-state index in [-0.39, 0.29) is 5.54 Å². The number of benzene rings is 1. The van der Waals surface area contributed by atoms with Crippen LogP contribution in [0.3, 0.4) is 0 Å². The van der Waals surface area contributed by atoms with Gasteiger partial charge in [-0.15, -0.1) is 0 Å². The van der Waals surface area contributed by atoms with Crippen LogP contribution in [0.25, 0.3) is 11.3 Å². The van der Waals surface area contributed by atoms with Gasteiger partial charge in [-0.2, -0.15) is 5.10 Å². The van der Waals surface area contributed by atoms with E-state index in [1.807, 2.05) is 10.9 Å². The van der Waals surface area contributed by atoms with Gasteiger partial charge >= 0.3 is 0 Å². The molecule has 84 valence electrons. The third kappa shape index (κ3) is 2.01. The third-order valence-electron chi connectivity index (χ3n) is 2.70. The van der Waals surface area contributed by atoms with Crippen molar-refractivity contribution in [3.8, 4) is 11.3 Å². The Morgan fingerprint density at radius 1 is 1.06 bits per heavy atom. The molecule has 0 aliphatic carbocycles. The van der Waals surface area contributed by atoms with Crippen molar-refractivity contribution in [2.45, 2.75) is 33.2 Å². The first-order chi connectivity index (χ1) is 7.48. The fraction of sp³-hybridized carbons (Fsp3) is 0.357. The first kappa shape index (κ1) is 10.9. The van der Waals surface area contributed by atoms with Crippen molar-refractivity contribution in [1.29, 1.82) is 0 Å². The summed E-state index contributed by atoms with van der Waals surface area (Å²) in [6, 6.07) is 10.4. The van der Waals surface area contributed by atoms with Gasteiger partial charge in [0.2, 0.25) is 0 Å². The number of hydrogen-bond donors (Lipinski definition) is 0. The number of aromatic nitrogens is 2. The van der Waals surface area contributed by atoms with Crippen LogP contribution in [0.5, 0.6) is 0 Å². The van der Waals surface area contributed by atoms with Gasteiger partial charge in [-0.1, -0.05) is 24.3 Å². The number of aryl methyl sites for hydroxylation is 1. The average Bonchev–Trinajstić information content (AvgIpc) is 2.66. The Balaban J connectivity index is 2.44. The van der Waals surface area contributed by atoms with Crippen LogP contribution in [0.4, 0.5) is 0 Å². The number of nitrogens with zero attached hydrogens (tertiary/aromatic N) is 2. The van der Waals surface area contributed by atoms with Crippen molar-refractivity contribution in [2.24, 2.45) is 0 Å². The van der Waals surface area contributed by atoms with Crippen LogP contribution in [-0.4, -0.2) is 9.78 Å². The van der Waals surface area contributed by atoms with Gasteiger partial charge in [-0.3, -0.25) is 4.68 Å². The maximum absolute atomic E-state index is 4.63. The zero-order valence-corrected chi connectivity index (χ0v) is 10.4. The van der Waals surface area contributed by atoms with E-state index in [1.54, 1.807) is 0 Å². The van der Waals surface area contributed by atoms with E-state index < -0.39 is 0 Å². The lowest BCUT2D eigenvalue weighted by Gasteiger charge is -2.18. The fourth-order valence-electron chi connectivity index (χ4n) is 1.70. The smallest absolute Gasteiger partial charge is 0.0926 e. The lowest BCUT2D eigenvalue weighted by Crippen LogP contribution is -2.22. The van der Waals surface area contributed by atoms with Gasteiger partial charge in [-0.05, 0) is 39.3 Å². The summed E-state index contributed by atoms with van der Waals surface area (Å²) >= 11 is 0. The standard InChI is InChI=1S/C14H18N2/c1-11-7-5-6-8-12(11)13-9-10-16(15-13)14(2,3)4/h5-10H,1-4H3. The molecule has 1 heterocycles. The van der Waals surface area contributed by atoms with Crippen LogP contribution >= 0.6 is 0 Å². The second-order valence-electron chi connectivity index (χ2n) is 5.13. The molecule has 0 unspecified atom stereocenters. The van der Waals surface area contributed by atoms with Crippen LogP contribution < -0.4 is 0 Å². The van der Waals surface area contributed by atoms with Crippen LogP contribution in [0.1, 0.15) is 26.3 Å². The molecule has 0 bridgehead atoms. The molecule has 0 N–H and O–H groups in total.